The van der Waals surface area contributed by atoms with Gasteiger partial charge in [-0.3, -0.25) is 0 Å². The van der Waals surface area contributed by atoms with Crippen molar-refractivity contribution < 1.29 is 79.0 Å². The summed E-state index contributed by atoms with van der Waals surface area (Å²) in [4.78, 5) is 0. The van der Waals surface area contributed by atoms with Crippen LogP contribution in [0.5, 0.6) is 0 Å². The smallest absolute Gasteiger partial charge is 0.166 e. The van der Waals surface area contributed by atoms with Gasteiger partial charge in [0.2, 0.25) is 0 Å². The van der Waals surface area contributed by atoms with Crippen molar-refractivity contribution in [2.24, 2.45) is 0 Å². The average Bonchev–Trinajstić information content (AvgIpc) is 2.63. The molecule has 204 valence electrons. The molecular formula is C18H6F18. The molecule has 2 aromatic carbocycles. The highest BCUT2D eigenvalue weighted by molar-refractivity contribution is 5.38. The lowest BCUT2D eigenvalue weighted by Crippen LogP contribution is -2.18. The summed E-state index contributed by atoms with van der Waals surface area (Å²) < 4.78 is 220. The molecule has 0 atom stereocenters. The first-order valence-corrected chi connectivity index (χ1v) is 8.38. The minimum Gasteiger partial charge on any atom is -0.166 e. The Bertz CT molecular complexity index is 955. The summed E-state index contributed by atoms with van der Waals surface area (Å²) in [6.07, 6.45) is -32.1. The van der Waals surface area contributed by atoms with Gasteiger partial charge in [-0.15, -0.1) is 0 Å². The maximum Gasteiger partial charge on any atom is 0.417 e. The van der Waals surface area contributed by atoms with E-state index in [0.29, 0.717) is 0 Å². The van der Waals surface area contributed by atoms with Gasteiger partial charge in [0.05, 0.1) is 33.4 Å². The minimum absolute atomic E-state index is 0.0436. The molecule has 0 amide bonds. The van der Waals surface area contributed by atoms with Gasteiger partial charge in [-0.1, -0.05) is 0 Å². The fourth-order valence-corrected chi connectivity index (χ4v) is 2.40. The Hall–Kier alpha value is -2.82. The molecule has 0 saturated carbocycles. The van der Waals surface area contributed by atoms with E-state index in [2.05, 4.69) is 0 Å². The minimum atomic E-state index is -5.52. The van der Waals surface area contributed by atoms with Crippen LogP contribution in [0.2, 0.25) is 0 Å². The molecule has 0 aliphatic rings. The van der Waals surface area contributed by atoms with Gasteiger partial charge in [0, 0.05) is 0 Å². The van der Waals surface area contributed by atoms with Gasteiger partial charge in [0.1, 0.15) is 0 Å². The third kappa shape index (κ3) is 8.11. The predicted octanol–water partition coefficient (Wildman–Crippen LogP) is 9.49. The van der Waals surface area contributed by atoms with Crippen molar-refractivity contribution in [3.63, 3.8) is 0 Å². The number of rotatable bonds is 0. The SMILES string of the molecule is FC(F)(F)c1ccc(C(F)(F)F)c(C(F)(F)F)c1.FC(F)(F)c1ccc(C(F)(F)F)c(C(F)(F)F)c1. The second-order valence-corrected chi connectivity index (χ2v) is 6.51. The molecule has 0 bridgehead atoms. The van der Waals surface area contributed by atoms with E-state index in [1.165, 1.54) is 0 Å². The van der Waals surface area contributed by atoms with Gasteiger partial charge in [0.15, 0.2) is 0 Å². The zero-order chi connectivity index (χ0) is 28.7. The number of hydrogen-bond donors (Lipinski definition) is 0. The molecule has 0 spiro atoms. The van der Waals surface area contributed by atoms with Gasteiger partial charge in [-0.05, 0) is 36.4 Å². The van der Waals surface area contributed by atoms with Gasteiger partial charge < -0.3 is 0 Å². The van der Waals surface area contributed by atoms with Crippen LogP contribution >= 0.6 is 0 Å². The molecule has 0 aliphatic heterocycles. The van der Waals surface area contributed by atoms with Crippen molar-refractivity contribution in [3.05, 3.63) is 69.8 Å². The second kappa shape index (κ2) is 9.57. The van der Waals surface area contributed by atoms with Crippen molar-refractivity contribution in [2.75, 3.05) is 0 Å². The molecule has 0 aliphatic carbocycles. The molecule has 0 fully saturated rings. The van der Waals surface area contributed by atoms with Gasteiger partial charge in [0.25, 0.3) is 0 Å². The normalized spacial score (nSPS) is 13.8. The van der Waals surface area contributed by atoms with E-state index in [4.69, 9.17) is 0 Å². The highest BCUT2D eigenvalue weighted by Crippen LogP contribution is 2.44. The Morgan fingerprint density at radius 1 is 0.278 bits per heavy atom. The number of halogens is 18. The van der Waals surface area contributed by atoms with Crippen LogP contribution < -0.4 is 0 Å². The third-order valence-electron chi connectivity index (χ3n) is 3.92. The molecule has 0 saturated heterocycles. The van der Waals surface area contributed by atoms with Crippen LogP contribution in [0.1, 0.15) is 33.4 Å². The van der Waals surface area contributed by atoms with E-state index >= 15 is 0 Å². The third-order valence-corrected chi connectivity index (χ3v) is 3.92. The summed E-state index contributed by atoms with van der Waals surface area (Å²) in [6.45, 7) is 0. The quantitative estimate of drug-likeness (QED) is 0.280. The van der Waals surface area contributed by atoms with Crippen LogP contribution in [-0.2, 0) is 37.1 Å². The molecule has 36 heavy (non-hydrogen) atoms. The summed E-state index contributed by atoms with van der Waals surface area (Å²) in [5.74, 6) is 0. The summed E-state index contributed by atoms with van der Waals surface area (Å²) in [7, 11) is 0. The Kier molecular flexibility index (Phi) is 8.30. The Labute approximate surface area is 187 Å². The molecular weight excluding hydrogens is 558 g/mol. The Morgan fingerprint density at radius 2 is 0.500 bits per heavy atom. The lowest BCUT2D eigenvalue weighted by atomic mass is 10.0. The molecule has 0 heterocycles. The van der Waals surface area contributed by atoms with Crippen LogP contribution in [0.4, 0.5) is 79.0 Å². The lowest BCUT2D eigenvalue weighted by molar-refractivity contribution is -0.163. The molecule has 0 nitrogen and oxygen atoms in total. The first-order valence-electron chi connectivity index (χ1n) is 8.38. The Morgan fingerprint density at radius 3 is 0.667 bits per heavy atom. The van der Waals surface area contributed by atoms with Crippen molar-refractivity contribution in [3.8, 4) is 0 Å². The van der Waals surface area contributed by atoms with E-state index in [1.807, 2.05) is 0 Å². The van der Waals surface area contributed by atoms with E-state index in [1.54, 1.807) is 0 Å². The fourth-order valence-electron chi connectivity index (χ4n) is 2.40. The Balaban J connectivity index is 0.000000360. The van der Waals surface area contributed by atoms with Crippen molar-refractivity contribution in [1.29, 1.82) is 0 Å². The number of benzene rings is 2. The van der Waals surface area contributed by atoms with Crippen molar-refractivity contribution in [1.82, 2.24) is 0 Å². The largest absolute Gasteiger partial charge is 0.417 e. The maximum absolute atomic E-state index is 12.3. The van der Waals surface area contributed by atoms with Crippen LogP contribution in [-0.4, -0.2) is 0 Å². The highest BCUT2D eigenvalue weighted by Gasteiger charge is 2.46. The molecule has 0 unspecified atom stereocenters. The van der Waals surface area contributed by atoms with Gasteiger partial charge >= 0.3 is 37.1 Å². The van der Waals surface area contributed by atoms with Crippen LogP contribution in [0.15, 0.2) is 36.4 Å². The standard InChI is InChI=1S/2C9H3F9/c2*10-7(11,12)4-1-2-5(8(13,14)15)6(3-4)9(16,17)18/h2*1-3H. The first kappa shape index (κ1) is 31.2. The zero-order valence-electron chi connectivity index (χ0n) is 16.3. The van der Waals surface area contributed by atoms with Crippen molar-refractivity contribution in [2.45, 2.75) is 37.1 Å². The average molecular weight is 564 g/mol. The van der Waals surface area contributed by atoms with Crippen LogP contribution in [0.3, 0.4) is 0 Å². The van der Waals surface area contributed by atoms with E-state index in [-0.39, 0.29) is 24.3 Å². The summed E-state index contributed by atoms with van der Waals surface area (Å²) in [5, 5.41) is 0. The summed E-state index contributed by atoms with van der Waals surface area (Å²) in [6, 6.07) is -1.65. The van der Waals surface area contributed by atoms with E-state index < -0.39 is 82.6 Å². The maximum atomic E-state index is 12.3. The van der Waals surface area contributed by atoms with Gasteiger partial charge in [-0.2, -0.15) is 79.0 Å². The first-order chi connectivity index (χ1) is 15.7. The van der Waals surface area contributed by atoms with E-state index in [0.717, 1.165) is 0 Å². The lowest BCUT2D eigenvalue weighted by Gasteiger charge is -2.17. The van der Waals surface area contributed by atoms with E-state index in [9.17, 15) is 79.0 Å². The van der Waals surface area contributed by atoms with Gasteiger partial charge in [-0.25, -0.2) is 0 Å². The molecule has 2 rings (SSSR count). The monoisotopic (exact) mass is 564 g/mol. The number of hydrogen-bond acceptors (Lipinski definition) is 0. The molecule has 0 radical (unpaired) electrons. The molecule has 0 aromatic heterocycles. The zero-order valence-corrected chi connectivity index (χ0v) is 16.3. The van der Waals surface area contributed by atoms with Crippen LogP contribution in [0, 0.1) is 0 Å². The fraction of sp³-hybridized carbons (Fsp3) is 0.333. The number of alkyl halides is 18. The molecule has 18 heteroatoms. The van der Waals surface area contributed by atoms with Crippen LogP contribution in [0.25, 0.3) is 0 Å². The molecule has 2 aromatic rings. The predicted molar refractivity (Wildman–Crippen MR) is 82.9 cm³/mol. The summed E-state index contributed by atoms with van der Waals surface area (Å²) in [5.41, 5.74) is -12.6. The summed E-state index contributed by atoms with van der Waals surface area (Å²) >= 11 is 0. The van der Waals surface area contributed by atoms with Crippen molar-refractivity contribution >= 4 is 0 Å². The molecule has 0 N–H and O–H groups in total. The second-order valence-electron chi connectivity index (χ2n) is 6.51. The highest BCUT2D eigenvalue weighted by atomic mass is 19.4. The topological polar surface area (TPSA) is 0 Å².